The number of halogens is 4. The summed E-state index contributed by atoms with van der Waals surface area (Å²) in [6.45, 7) is -0.632. The highest BCUT2D eigenvalue weighted by Gasteiger charge is 2.43. The standard InChI is InChI=1S/C20H14F4N2O4/c21-15-6-5-14(11-3-1-2-4-12(11)15)20(23,24)19(28)25-16-7-8-17(26(29)30)13(9-10-27)18(16)22/h1-8,27H,9-10H2,(H,25,28). The van der Waals surface area contributed by atoms with Gasteiger partial charge in [0.25, 0.3) is 11.6 Å². The van der Waals surface area contributed by atoms with Crippen LogP contribution in [0.3, 0.4) is 0 Å². The molecule has 156 valence electrons. The van der Waals surface area contributed by atoms with Gasteiger partial charge in [-0.25, -0.2) is 8.78 Å². The van der Waals surface area contributed by atoms with Crippen LogP contribution in [0.2, 0.25) is 0 Å². The van der Waals surface area contributed by atoms with E-state index in [9.17, 15) is 32.5 Å². The largest absolute Gasteiger partial charge is 0.396 e. The van der Waals surface area contributed by atoms with Crippen molar-refractivity contribution in [3.05, 3.63) is 81.4 Å². The highest BCUT2D eigenvalue weighted by molar-refractivity contribution is 6.00. The maximum absolute atomic E-state index is 14.9. The molecule has 0 saturated carbocycles. The number of hydrogen-bond donors (Lipinski definition) is 2. The lowest BCUT2D eigenvalue weighted by Gasteiger charge is -2.19. The van der Waals surface area contributed by atoms with Crippen LogP contribution in [-0.4, -0.2) is 22.5 Å². The summed E-state index contributed by atoms with van der Waals surface area (Å²) in [5, 5.41) is 21.4. The lowest BCUT2D eigenvalue weighted by atomic mass is 9.98. The number of amides is 1. The summed E-state index contributed by atoms with van der Waals surface area (Å²) in [5.41, 5.74) is -2.68. The second-order valence-electron chi connectivity index (χ2n) is 6.32. The molecule has 0 atom stereocenters. The number of aliphatic hydroxyl groups is 1. The summed E-state index contributed by atoms with van der Waals surface area (Å²) < 4.78 is 58.3. The van der Waals surface area contributed by atoms with Crippen molar-refractivity contribution < 1.29 is 32.4 Å². The Labute approximate surface area is 166 Å². The average molecular weight is 422 g/mol. The van der Waals surface area contributed by atoms with Gasteiger partial charge in [-0.05, 0) is 23.6 Å². The molecule has 0 aliphatic rings. The van der Waals surface area contributed by atoms with Crippen LogP contribution in [0, 0.1) is 21.7 Å². The van der Waals surface area contributed by atoms with E-state index in [1.807, 2.05) is 0 Å². The van der Waals surface area contributed by atoms with Gasteiger partial charge in [-0.3, -0.25) is 14.9 Å². The number of hydrogen-bond acceptors (Lipinski definition) is 4. The number of fused-ring (bicyclic) bond motifs is 1. The molecule has 0 aliphatic heterocycles. The van der Waals surface area contributed by atoms with Crippen LogP contribution < -0.4 is 5.32 Å². The Kier molecular flexibility index (Phi) is 5.70. The first-order valence-corrected chi connectivity index (χ1v) is 8.62. The maximum Gasteiger partial charge on any atom is 0.350 e. The first-order valence-electron chi connectivity index (χ1n) is 8.62. The number of rotatable bonds is 6. The SMILES string of the molecule is O=C(Nc1ccc([N+](=O)[O-])c(CCO)c1F)C(F)(F)c1ccc(F)c2ccccc12. The third-order valence-corrected chi connectivity index (χ3v) is 4.52. The Balaban J connectivity index is 2.01. The third kappa shape index (κ3) is 3.69. The summed E-state index contributed by atoms with van der Waals surface area (Å²) in [4.78, 5) is 22.4. The minimum absolute atomic E-state index is 0.116. The highest BCUT2D eigenvalue weighted by atomic mass is 19.3. The minimum Gasteiger partial charge on any atom is -0.396 e. The van der Waals surface area contributed by atoms with Crippen molar-refractivity contribution in [2.24, 2.45) is 0 Å². The van der Waals surface area contributed by atoms with Gasteiger partial charge >= 0.3 is 5.92 Å². The molecule has 0 aliphatic carbocycles. The van der Waals surface area contributed by atoms with Crippen molar-refractivity contribution in [3.63, 3.8) is 0 Å². The zero-order valence-electron chi connectivity index (χ0n) is 15.2. The Morgan fingerprint density at radius 3 is 2.37 bits per heavy atom. The van der Waals surface area contributed by atoms with Crippen molar-refractivity contribution in [3.8, 4) is 0 Å². The molecule has 0 heterocycles. The zero-order chi connectivity index (χ0) is 22.1. The zero-order valence-corrected chi connectivity index (χ0v) is 15.2. The van der Waals surface area contributed by atoms with Gasteiger partial charge < -0.3 is 10.4 Å². The number of nitro benzene ring substituents is 1. The van der Waals surface area contributed by atoms with Crippen LogP contribution in [0.4, 0.5) is 28.9 Å². The number of nitrogens with zero attached hydrogens (tertiary/aromatic N) is 1. The van der Waals surface area contributed by atoms with E-state index < -0.39 is 63.9 Å². The van der Waals surface area contributed by atoms with Crippen LogP contribution in [0.25, 0.3) is 10.8 Å². The topological polar surface area (TPSA) is 92.5 Å². The second kappa shape index (κ2) is 8.07. The number of nitro groups is 1. The van der Waals surface area contributed by atoms with Crippen molar-refractivity contribution in [2.75, 3.05) is 11.9 Å². The van der Waals surface area contributed by atoms with Crippen LogP contribution in [0.15, 0.2) is 48.5 Å². The number of alkyl halides is 2. The van der Waals surface area contributed by atoms with E-state index in [0.29, 0.717) is 0 Å². The predicted octanol–water partition coefficient (Wildman–Crippen LogP) is 4.29. The van der Waals surface area contributed by atoms with Gasteiger partial charge in [0, 0.05) is 30.0 Å². The summed E-state index contributed by atoms with van der Waals surface area (Å²) in [6.07, 6.45) is -0.454. The summed E-state index contributed by atoms with van der Waals surface area (Å²) in [6, 6.07) is 8.53. The molecule has 0 bridgehead atoms. The highest BCUT2D eigenvalue weighted by Crippen LogP contribution is 2.36. The molecule has 10 heteroatoms. The van der Waals surface area contributed by atoms with Gasteiger partial charge in [0.05, 0.1) is 16.2 Å². The van der Waals surface area contributed by atoms with Gasteiger partial charge in [-0.15, -0.1) is 0 Å². The van der Waals surface area contributed by atoms with E-state index in [-0.39, 0.29) is 10.8 Å². The van der Waals surface area contributed by atoms with Gasteiger partial charge in [0.1, 0.15) is 5.82 Å². The Morgan fingerprint density at radius 2 is 1.73 bits per heavy atom. The first-order chi connectivity index (χ1) is 14.2. The molecule has 0 radical (unpaired) electrons. The fourth-order valence-electron chi connectivity index (χ4n) is 3.09. The lowest BCUT2D eigenvalue weighted by Crippen LogP contribution is -2.33. The number of anilines is 1. The van der Waals surface area contributed by atoms with E-state index >= 15 is 0 Å². The summed E-state index contributed by atoms with van der Waals surface area (Å²) >= 11 is 0. The van der Waals surface area contributed by atoms with Gasteiger partial charge in [0.2, 0.25) is 0 Å². The van der Waals surface area contributed by atoms with Crippen LogP contribution >= 0.6 is 0 Å². The lowest BCUT2D eigenvalue weighted by molar-refractivity contribution is -0.385. The Bertz CT molecular complexity index is 1150. The van der Waals surface area contributed by atoms with E-state index in [2.05, 4.69) is 0 Å². The normalized spacial score (nSPS) is 11.5. The molecule has 2 N–H and O–H groups in total. The van der Waals surface area contributed by atoms with Crippen LogP contribution in [-0.2, 0) is 17.1 Å². The van der Waals surface area contributed by atoms with Crippen LogP contribution in [0.1, 0.15) is 11.1 Å². The Hall–Kier alpha value is -3.53. The molecule has 0 fully saturated rings. The third-order valence-electron chi connectivity index (χ3n) is 4.52. The van der Waals surface area contributed by atoms with E-state index in [1.54, 1.807) is 5.32 Å². The number of benzene rings is 3. The number of carbonyl (C=O) groups excluding carboxylic acids is 1. The van der Waals surface area contributed by atoms with E-state index in [4.69, 9.17) is 5.11 Å². The second-order valence-corrected chi connectivity index (χ2v) is 6.32. The number of nitrogens with one attached hydrogen (secondary N) is 1. The fraction of sp³-hybridized carbons (Fsp3) is 0.150. The molecule has 30 heavy (non-hydrogen) atoms. The molecule has 3 aromatic carbocycles. The Morgan fingerprint density at radius 1 is 1.07 bits per heavy atom. The average Bonchev–Trinajstić information content (AvgIpc) is 2.71. The van der Waals surface area contributed by atoms with Crippen molar-refractivity contribution in [2.45, 2.75) is 12.3 Å². The molecule has 3 aromatic rings. The molecular weight excluding hydrogens is 408 g/mol. The molecule has 3 rings (SSSR count). The molecule has 0 unspecified atom stereocenters. The van der Waals surface area contributed by atoms with Gasteiger partial charge in [-0.2, -0.15) is 8.78 Å². The van der Waals surface area contributed by atoms with Crippen molar-refractivity contribution in [1.82, 2.24) is 0 Å². The number of carbonyl (C=O) groups is 1. The quantitative estimate of drug-likeness (QED) is 0.352. The minimum atomic E-state index is -4.17. The van der Waals surface area contributed by atoms with Crippen molar-refractivity contribution in [1.29, 1.82) is 0 Å². The smallest absolute Gasteiger partial charge is 0.350 e. The molecule has 0 saturated heterocycles. The summed E-state index contributed by atoms with van der Waals surface area (Å²) in [7, 11) is 0. The summed E-state index contributed by atoms with van der Waals surface area (Å²) in [5.74, 6) is -8.12. The molecular formula is C20H14F4N2O4. The van der Waals surface area contributed by atoms with E-state index in [1.165, 1.54) is 24.3 Å². The van der Waals surface area contributed by atoms with Gasteiger partial charge in [-0.1, -0.05) is 24.3 Å². The maximum atomic E-state index is 14.9. The predicted molar refractivity (Wildman–Crippen MR) is 100 cm³/mol. The monoisotopic (exact) mass is 422 g/mol. The van der Waals surface area contributed by atoms with Crippen molar-refractivity contribution >= 4 is 28.1 Å². The number of aliphatic hydroxyl groups excluding tert-OH is 1. The fourth-order valence-corrected chi connectivity index (χ4v) is 3.09. The van der Waals surface area contributed by atoms with Gasteiger partial charge in [0.15, 0.2) is 5.82 Å². The molecule has 6 nitrogen and oxygen atoms in total. The van der Waals surface area contributed by atoms with Crippen LogP contribution in [0.5, 0.6) is 0 Å². The molecule has 0 spiro atoms. The van der Waals surface area contributed by atoms with E-state index in [0.717, 1.165) is 24.3 Å². The molecule has 1 amide bonds. The first kappa shape index (κ1) is 21.2. The molecule has 0 aromatic heterocycles.